The molecule has 2 aromatic rings. The fourth-order valence-corrected chi connectivity index (χ4v) is 4.42. The minimum absolute atomic E-state index is 0.314. The van der Waals surface area contributed by atoms with Crippen molar-refractivity contribution in [2.24, 2.45) is 0 Å². The second-order valence-corrected chi connectivity index (χ2v) is 6.97. The first-order valence-electron chi connectivity index (χ1n) is 8.42. The molecule has 1 saturated carbocycles. The number of esters is 1. The number of nitriles is 1. The molecule has 0 radical (unpaired) electrons. The van der Waals surface area contributed by atoms with Gasteiger partial charge in [0.25, 0.3) is 0 Å². The molecular formula is C19H20N2O2S. The first-order chi connectivity index (χ1) is 11.7. The zero-order valence-electron chi connectivity index (χ0n) is 13.7. The highest BCUT2D eigenvalue weighted by atomic mass is 32.1. The van der Waals surface area contributed by atoms with E-state index in [0.717, 1.165) is 28.3 Å². The third-order valence-electron chi connectivity index (χ3n) is 4.36. The summed E-state index contributed by atoms with van der Waals surface area (Å²) < 4.78 is 5.19. The summed E-state index contributed by atoms with van der Waals surface area (Å²) in [6.07, 6.45) is 5.94. The molecular weight excluding hydrogens is 320 g/mol. The minimum Gasteiger partial charge on any atom is -0.461 e. The summed E-state index contributed by atoms with van der Waals surface area (Å²) in [5.41, 5.74) is 1.68. The number of carbonyl (C=O) groups is 1. The van der Waals surface area contributed by atoms with Gasteiger partial charge in [-0.3, -0.25) is 0 Å². The maximum Gasteiger partial charge on any atom is 0.358 e. The van der Waals surface area contributed by atoms with Gasteiger partial charge in [0.05, 0.1) is 28.1 Å². The molecule has 0 amide bonds. The molecule has 1 aromatic heterocycles. The Balaban J connectivity index is 2.07. The Labute approximate surface area is 146 Å². The van der Waals surface area contributed by atoms with E-state index in [1.807, 2.05) is 18.2 Å². The Morgan fingerprint density at radius 1 is 1.33 bits per heavy atom. The van der Waals surface area contributed by atoms with E-state index in [9.17, 15) is 10.1 Å². The number of rotatable bonds is 4. The molecule has 1 heterocycles. The first kappa shape index (κ1) is 16.7. The zero-order valence-corrected chi connectivity index (χ0v) is 14.6. The van der Waals surface area contributed by atoms with E-state index < -0.39 is 5.97 Å². The lowest BCUT2D eigenvalue weighted by molar-refractivity contribution is 0.0521. The molecule has 4 nitrogen and oxygen atoms in total. The predicted octanol–water partition coefficient (Wildman–Crippen LogP) is 4.91. The molecule has 0 bridgehead atoms. The molecule has 1 aliphatic carbocycles. The first-order valence-corrected chi connectivity index (χ1v) is 9.23. The smallest absolute Gasteiger partial charge is 0.358 e. The van der Waals surface area contributed by atoms with E-state index in [1.165, 1.54) is 30.6 Å². The molecule has 1 aliphatic rings. The molecule has 0 unspecified atom stereocenters. The second kappa shape index (κ2) is 7.59. The summed E-state index contributed by atoms with van der Waals surface area (Å²) in [6, 6.07) is 9.56. The zero-order chi connectivity index (χ0) is 16.9. The molecule has 0 spiro atoms. The average molecular weight is 340 g/mol. The van der Waals surface area contributed by atoms with Gasteiger partial charge in [-0.2, -0.15) is 5.26 Å². The van der Waals surface area contributed by atoms with Crippen LogP contribution >= 0.6 is 11.3 Å². The molecule has 0 saturated heterocycles. The number of aromatic nitrogens is 1. The topological polar surface area (TPSA) is 63.0 Å². The van der Waals surface area contributed by atoms with E-state index in [4.69, 9.17) is 4.74 Å². The van der Waals surface area contributed by atoms with E-state index in [2.05, 4.69) is 11.1 Å². The number of carbonyl (C=O) groups excluding carboxylic acids is 1. The Hall–Kier alpha value is -2.19. The number of hydrogen-bond donors (Lipinski definition) is 0. The number of nitrogens with zero attached hydrogens (tertiary/aromatic N) is 2. The highest BCUT2D eigenvalue weighted by Gasteiger charge is 2.26. The summed E-state index contributed by atoms with van der Waals surface area (Å²) in [7, 11) is 0. The van der Waals surface area contributed by atoms with Crippen molar-refractivity contribution in [1.82, 2.24) is 4.98 Å². The van der Waals surface area contributed by atoms with Gasteiger partial charge in [0.15, 0.2) is 5.69 Å². The van der Waals surface area contributed by atoms with Crippen molar-refractivity contribution in [3.05, 3.63) is 40.5 Å². The number of hydrogen-bond acceptors (Lipinski definition) is 5. The van der Waals surface area contributed by atoms with Gasteiger partial charge < -0.3 is 4.74 Å². The van der Waals surface area contributed by atoms with Crippen molar-refractivity contribution in [1.29, 1.82) is 5.26 Å². The number of thiazole rings is 1. The van der Waals surface area contributed by atoms with Gasteiger partial charge in [-0.15, -0.1) is 11.3 Å². The van der Waals surface area contributed by atoms with Crippen LogP contribution in [0.4, 0.5) is 0 Å². The minimum atomic E-state index is -0.404. The van der Waals surface area contributed by atoms with Gasteiger partial charge in [0, 0.05) is 11.5 Å². The highest BCUT2D eigenvalue weighted by molar-refractivity contribution is 7.15. The van der Waals surface area contributed by atoms with Crippen molar-refractivity contribution < 1.29 is 9.53 Å². The third kappa shape index (κ3) is 3.34. The summed E-state index contributed by atoms with van der Waals surface area (Å²) in [6.45, 7) is 2.10. The van der Waals surface area contributed by atoms with Crippen LogP contribution in [0.2, 0.25) is 0 Å². The van der Waals surface area contributed by atoms with Crippen molar-refractivity contribution in [3.8, 4) is 16.5 Å². The molecule has 3 rings (SSSR count). The van der Waals surface area contributed by atoms with E-state index >= 15 is 0 Å². The maximum absolute atomic E-state index is 12.4. The Morgan fingerprint density at radius 2 is 2.08 bits per heavy atom. The van der Waals surface area contributed by atoms with Crippen LogP contribution in [0.1, 0.15) is 66.0 Å². The Bertz CT molecular complexity index is 770. The fraction of sp³-hybridized carbons (Fsp3) is 0.421. The van der Waals surface area contributed by atoms with Gasteiger partial charge in [0.1, 0.15) is 0 Å². The number of benzene rings is 1. The molecule has 0 N–H and O–H groups in total. The van der Waals surface area contributed by atoms with Gasteiger partial charge >= 0.3 is 5.97 Å². The third-order valence-corrected chi connectivity index (χ3v) is 5.61. The monoisotopic (exact) mass is 340 g/mol. The fourth-order valence-electron chi connectivity index (χ4n) is 3.16. The lowest BCUT2D eigenvalue weighted by atomic mass is 9.90. The second-order valence-electron chi connectivity index (χ2n) is 5.94. The Kier molecular flexibility index (Phi) is 5.27. The molecule has 24 heavy (non-hydrogen) atoms. The van der Waals surface area contributed by atoms with Crippen LogP contribution in [0.3, 0.4) is 0 Å². The average Bonchev–Trinajstić information content (AvgIpc) is 3.08. The molecule has 1 fully saturated rings. The lowest BCUT2D eigenvalue weighted by Crippen LogP contribution is -2.08. The van der Waals surface area contributed by atoms with Gasteiger partial charge in [-0.1, -0.05) is 37.5 Å². The lowest BCUT2D eigenvalue weighted by Gasteiger charge is -2.18. The van der Waals surface area contributed by atoms with Crippen LogP contribution < -0.4 is 0 Å². The van der Waals surface area contributed by atoms with Crippen molar-refractivity contribution in [3.63, 3.8) is 0 Å². The van der Waals surface area contributed by atoms with Crippen molar-refractivity contribution in [2.75, 3.05) is 6.61 Å². The Morgan fingerprint density at radius 3 is 2.79 bits per heavy atom. The number of ether oxygens (including phenoxy) is 1. The molecule has 0 atom stereocenters. The molecule has 124 valence electrons. The molecule has 5 heteroatoms. The van der Waals surface area contributed by atoms with Gasteiger partial charge in [0.2, 0.25) is 0 Å². The van der Waals surface area contributed by atoms with E-state index in [-0.39, 0.29) is 0 Å². The van der Waals surface area contributed by atoms with Crippen LogP contribution in [0.5, 0.6) is 0 Å². The van der Waals surface area contributed by atoms with Crippen LogP contribution in [0, 0.1) is 11.3 Å². The predicted molar refractivity (Wildman–Crippen MR) is 94.0 cm³/mol. The van der Waals surface area contributed by atoms with Crippen molar-refractivity contribution >= 4 is 17.3 Å². The standard InChI is InChI=1S/C19H20N2O2S/c1-2-23-19(22)16-17(15-11-7-6-10-14(15)12-20)24-18(21-16)13-8-4-3-5-9-13/h6-7,10-11,13H,2-5,8-9H2,1H3. The summed E-state index contributed by atoms with van der Waals surface area (Å²) in [4.78, 5) is 17.8. The van der Waals surface area contributed by atoms with Crippen LogP contribution in [0.15, 0.2) is 24.3 Å². The molecule has 0 aliphatic heterocycles. The quantitative estimate of drug-likeness (QED) is 0.742. The van der Waals surface area contributed by atoms with Gasteiger partial charge in [-0.25, -0.2) is 9.78 Å². The van der Waals surface area contributed by atoms with E-state index in [0.29, 0.717) is 23.8 Å². The van der Waals surface area contributed by atoms with Gasteiger partial charge in [-0.05, 0) is 25.8 Å². The van der Waals surface area contributed by atoms with Crippen LogP contribution in [-0.4, -0.2) is 17.6 Å². The molecule has 1 aromatic carbocycles. The summed E-state index contributed by atoms with van der Waals surface area (Å²) >= 11 is 1.54. The van der Waals surface area contributed by atoms with Crippen LogP contribution in [0.25, 0.3) is 10.4 Å². The summed E-state index contributed by atoms with van der Waals surface area (Å²) in [5.74, 6) is 0.0125. The van der Waals surface area contributed by atoms with Crippen LogP contribution in [-0.2, 0) is 4.74 Å². The summed E-state index contributed by atoms with van der Waals surface area (Å²) in [5, 5.41) is 10.4. The normalized spacial score (nSPS) is 15.0. The van der Waals surface area contributed by atoms with Crippen molar-refractivity contribution in [2.45, 2.75) is 44.9 Å². The largest absolute Gasteiger partial charge is 0.461 e. The van der Waals surface area contributed by atoms with E-state index in [1.54, 1.807) is 13.0 Å². The SMILES string of the molecule is CCOC(=O)c1nc(C2CCCCC2)sc1-c1ccccc1C#N. The maximum atomic E-state index is 12.4. The highest BCUT2D eigenvalue weighted by Crippen LogP contribution is 2.40.